The second-order valence-electron chi connectivity index (χ2n) is 5.91. The van der Waals surface area contributed by atoms with Crippen molar-refractivity contribution in [3.05, 3.63) is 0 Å². The molecule has 23 heavy (non-hydrogen) atoms. The maximum atomic E-state index is 9.33. The maximum Gasteiger partial charge on any atom is 0.397 e. The molecule has 6 heteroatoms. The van der Waals surface area contributed by atoms with Crippen molar-refractivity contribution in [1.29, 1.82) is 0 Å². The van der Waals surface area contributed by atoms with Crippen molar-refractivity contribution in [2.24, 2.45) is 0 Å². The minimum Gasteiger partial charge on any atom is -0.396 e. The molecule has 0 heterocycles. The Morgan fingerprint density at radius 2 is 0.957 bits per heavy atom. The number of hydrogen-bond donors (Lipinski definition) is 2. The highest BCUT2D eigenvalue weighted by Gasteiger charge is 1.94. The van der Waals surface area contributed by atoms with Crippen LogP contribution in [0.1, 0.15) is 96.8 Å². The van der Waals surface area contributed by atoms with Gasteiger partial charge in [-0.05, 0) is 6.42 Å². The lowest BCUT2D eigenvalue weighted by Crippen LogP contribution is -1.96. The minimum atomic E-state index is -4.16. The van der Waals surface area contributed by atoms with Crippen LogP contribution >= 0.6 is 0 Å². The van der Waals surface area contributed by atoms with E-state index in [4.69, 9.17) is 9.66 Å². The predicted molar refractivity (Wildman–Crippen MR) is 96.0 cm³/mol. The molecule has 142 valence electrons. The molecule has 0 atom stereocenters. The standard InChI is InChI=1S/C16H34O.CH4O4S/c1-2-3-4-5-6-7-8-9-10-11-12-13-14-15-16-17;1-5-6(2,3)4/h17H,2-16H2,1H3;1H3,(H,2,3,4). The summed E-state index contributed by atoms with van der Waals surface area (Å²) in [6.45, 7) is 2.65. The molecule has 0 fully saturated rings. The molecule has 0 amide bonds. The molecule has 0 aliphatic heterocycles. The second kappa shape index (κ2) is 19.9. The van der Waals surface area contributed by atoms with Crippen molar-refractivity contribution < 1.29 is 22.3 Å². The van der Waals surface area contributed by atoms with Gasteiger partial charge in [0.15, 0.2) is 0 Å². The van der Waals surface area contributed by atoms with Gasteiger partial charge in [0.05, 0.1) is 7.11 Å². The zero-order valence-electron chi connectivity index (χ0n) is 15.1. The topological polar surface area (TPSA) is 83.8 Å². The maximum absolute atomic E-state index is 9.33. The lowest BCUT2D eigenvalue weighted by Gasteiger charge is -2.02. The van der Waals surface area contributed by atoms with E-state index in [1.54, 1.807) is 0 Å². The first kappa shape index (κ1) is 25.1. The summed E-state index contributed by atoms with van der Waals surface area (Å²) in [5.74, 6) is 0. The molecule has 0 saturated heterocycles. The summed E-state index contributed by atoms with van der Waals surface area (Å²) in [7, 11) is -3.29. The Labute approximate surface area is 143 Å². The largest absolute Gasteiger partial charge is 0.397 e. The highest BCUT2D eigenvalue weighted by Crippen LogP contribution is 2.12. The van der Waals surface area contributed by atoms with E-state index in [1.807, 2.05) is 0 Å². The zero-order chi connectivity index (χ0) is 17.8. The van der Waals surface area contributed by atoms with Gasteiger partial charge in [-0.1, -0.05) is 90.4 Å². The van der Waals surface area contributed by atoms with Gasteiger partial charge in [-0.25, -0.2) is 0 Å². The lowest BCUT2D eigenvalue weighted by molar-refractivity contribution is 0.282. The van der Waals surface area contributed by atoms with Crippen LogP contribution in [0, 0.1) is 0 Å². The van der Waals surface area contributed by atoms with Crippen LogP contribution in [0.3, 0.4) is 0 Å². The molecular weight excluding hydrogens is 316 g/mol. The van der Waals surface area contributed by atoms with E-state index < -0.39 is 10.4 Å². The van der Waals surface area contributed by atoms with Crippen LogP contribution in [-0.2, 0) is 14.6 Å². The Hall–Kier alpha value is -0.170. The summed E-state index contributed by atoms with van der Waals surface area (Å²) >= 11 is 0. The molecule has 0 aromatic carbocycles. The van der Waals surface area contributed by atoms with E-state index in [-0.39, 0.29) is 0 Å². The molecule has 0 radical (unpaired) electrons. The van der Waals surface area contributed by atoms with Crippen molar-refractivity contribution in [2.75, 3.05) is 13.7 Å². The summed E-state index contributed by atoms with van der Waals surface area (Å²) in [6.07, 6.45) is 19.2. The number of aliphatic hydroxyl groups excluding tert-OH is 1. The van der Waals surface area contributed by atoms with Crippen molar-refractivity contribution in [1.82, 2.24) is 0 Å². The van der Waals surface area contributed by atoms with Crippen molar-refractivity contribution in [3.63, 3.8) is 0 Å². The first-order valence-corrected chi connectivity index (χ1v) is 10.5. The highest BCUT2D eigenvalue weighted by atomic mass is 32.3. The molecule has 0 aliphatic rings. The van der Waals surface area contributed by atoms with Crippen molar-refractivity contribution >= 4 is 10.4 Å². The van der Waals surface area contributed by atoms with Crippen LogP contribution in [0.15, 0.2) is 0 Å². The van der Waals surface area contributed by atoms with Gasteiger partial charge in [-0.2, -0.15) is 8.42 Å². The van der Waals surface area contributed by atoms with Crippen LogP contribution in [0.25, 0.3) is 0 Å². The van der Waals surface area contributed by atoms with Crippen LogP contribution in [0.4, 0.5) is 0 Å². The monoisotopic (exact) mass is 354 g/mol. The molecule has 0 aliphatic carbocycles. The Balaban J connectivity index is 0. The normalized spacial score (nSPS) is 11.1. The summed E-state index contributed by atoms with van der Waals surface area (Å²) in [5, 5.41) is 8.64. The van der Waals surface area contributed by atoms with Gasteiger partial charge in [0, 0.05) is 6.61 Å². The molecule has 0 unspecified atom stereocenters. The van der Waals surface area contributed by atoms with Crippen LogP contribution in [0.2, 0.25) is 0 Å². The molecular formula is C17H38O5S. The predicted octanol–water partition coefficient (Wildman–Crippen LogP) is 4.90. The Kier molecular flexibility index (Phi) is 21.7. The highest BCUT2D eigenvalue weighted by molar-refractivity contribution is 7.80. The Morgan fingerprint density at radius 1 is 0.696 bits per heavy atom. The SMILES string of the molecule is CCCCCCCCCCCCCCCCO.COS(=O)(=O)O. The fourth-order valence-electron chi connectivity index (χ4n) is 2.31. The fraction of sp³-hybridized carbons (Fsp3) is 1.00. The summed E-state index contributed by atoms with van der Waals surface area (Å²) in [4.78, 5) is 0. The smallest absolute Gasteiger partial charge is 0.396 e. The van der Waals surface area contributed by atoms with E-state index >= 15 is 0 Å². The average molecular weight is 355 g/mol. The first-order chi connectivity index (χ1) is 11.0. The van der Waals surface area contributed by atoms with E-state index in [0.717, 1.165) is 13.5 Å². The van der Waals surface area contributed by atoms with Gasteiger partial charge in [0.2, 0.25) is 0 Å². The summed E-state index contributed by atoms with van der Waals surface area (Å²) in [5.41, 5.74) is 0. The Bertz CT molecular complexity index is 290. The number of hydrogen-bond acceptors (Lipinski definition) is 4. The first-order valence-electron chi connectivity index (χ1n) is 9.11. The third-order valence-electron chi connectivity index (χ3n) is 3.72. The summed E-state index contributed by atoms with van der Waals surface area (Å²) < 4.78 is 29.7. The van der Waals surface area contributed by atoms with Crippen molar-refractivity contribution in [2.45, 2.75) is 96.8 Å². The molecule has 2 N–H and O–H groups in total. The zero-order valence-corrected chi connectivity index (χ0v) is 16.0. The van der Waals surface area contributed by atoms with E-state index in [1.165, 1.54) is 83.5 Å². The van der Waals surface area contributed by atoms with Gasteiger partial charge in [0.25, 0.3) is 0 Å². The fourth-order valence-corrected chi connectivity index (χ4v) is 2.31. The molecule has 0 saturated carbocycles. The molecule has 5 nitrogen and oxygen atoms in total. The molecule has 0 spiro atoms. The van der Waals surface area contributed by atoms with Gasteiger partial charge >= 0.3 is 10.4 Å². The quantitative estimate of drug-likeness (QED) is 0.323. The van der Waals surface area contributed by atoms with Crippen LogP contribution in [0.5, 0.6) is 0 Å². The number of aliphatic hydroxyl groups is 1. The Morgan fingerprint density at radius 3 is 1.17 bits per heavy atom. The van der Waals surface area contributed by atoms with Gasteiger partial charge < -0.3 is 5.11 Å². The number of unbranched alkanes of at least 4 members (excludes halogenated alkanes) is 13. The van der Waals surface area contributed by atoms with Gasteiger partial charge in [-0.3, -0.25) is 8.74 Å². The molecule has 0 rings (SSSR count). The molecule has 0 bridgehead atoms. The van der Waals surface area contributed by atoms with Gasteiger partial charge in [0.1, 0.15) is 0 Å². The average Bonchev–Trinajstić information content (AvgIpc) is 2.52. The van der Waals surface area contributed by atoms with Crippen LogP contribution in [-0.4, -0.2) is 31.8 Å². The van der Waals surface area contributed by atoms with E-state index in [2.05, 4.69) is 11.1 Å². The molecule has 0 aromatic heterocycles. The second-order valence-corrected chi connectivity index (χ2v) is 7.10. The van der Waals surface area contributed by atoms with Crippen LogP contribution < -0.4 is 0 Å². The van der Waals surface area contributed by atoms with E-state index in [9.17, 15) is 8.42 Å². The lowest BCUT2D eigenvalue weighted by atomic mass is 10.0. The van der Waals surface area contributed by atoms with Gasteiger partial charge in [-0.15, -0.1) is 0 Å². The number of rotatable bonds is 15. The third-order valence-corrected chi connectivity index (χ3v) is 4.14. The van der Waals surface area contributed by atoms with E-state index in [0.29, 0.717) is 6.61 Å². The molecule has 0 aromatic rings. The minimum absolute atomic E-state index is 0.373. The third kappa shape index (κ3) is 30.3. The van der Waals surface area contributed by atoms with Crippen molar-refractivity contribution in [3.8, 4) is 0 Å². The summed E-state index contributed by atoms with van der Waals surface area (Å²) in [6, 6.07) is 0.